The number of hydrogen-bond donors (Lipinski definition) is 0. The number of benzene rings is 1. The largest absolute Gasteiger partial charge is 0.466 e. The number of carbonyl (C=O) groups is 2. The highest BCUT2D eigenvalue weighted by Gasteiger charge is 2.21. The molecule has 0 radical (unpaired) electrons. The zero-order valence-corrected chi connectivity index (χ0v) is 14.5. The molecule has 0 aliphatic rings. The van der Waals surface area contributed by atoms with Gasteiger partial charge in [-0.25, -0.2) is 4.79 Å². The highest BCUT2D eigenvalue weighted by Crippen LogP contribution is 2.15. The standard InChI is InChI=1S/C19H23NO4/c1-13(2)20(11-16-8-6-5-7-9-16)18(21)12-23-19(22)17-10-14(3)24-15(17)4/h5-10,13H,11-12H2,1-4H3. The van der Waals surface area contributed by atoms with Crippen LogP contribution in [0.15, 0.2) is 40.8 Å². The molecule has 0 aliphatic heterocycles. The normalized spacial score (nSPS) is 10.7. The molecule has 0 saturated heterocycles. The molecule has 24 heavy (non-hydrogen) atoms. The lowest BCUT2D eigenvalue weighted by molar-refractivity contribution is -0.136. The zero-order valence-electron chi connectivity index (χ0n) is 14.5. The Morgan fingerprint density at radius 3 is 2.38 bits per heavy atom. The van der Waals surface area contributed by atoms with Gasteiger partial charge in [-0.2, -0.15) is 0 Å². The first kappa shape index (κ1) is 17.8. The molecular formula is C19H23NO4. The number of hydrogen-bond acceptors (Lipinski definition) is 4. The highest BCUT2D eigenvalue weighted by atomic mass is 16.5. The lowest BCUT2D eigenvalue weighted by Crippen LogP contribution is -2.39. The van der Waals surface area contributed by atoms with Crippen molar-refractivity contribution >= 4 is 11.9 Å². The Hall–Kier alpha value is -2.56. The second kappa shape index (κ2) is 7.81. The molecule has 1 aromatic carbocycles. The van der Waals surface area contributed by atoms with E-state index < -0.39 is 5.97 Å². The van der Waals surface area contributed by atoms with E-state index in [1.807, 2.05) is 44.2 Å². The molecule has 1 heterocycles. The van der Waals surface area contributed by atoms with Gasteiger partial charge in [0.1, 0.15) is 17.1 Å². The van der Waals surface area contributed by atoms with E-state index in [1.54, 1.807) is 24.8 Å². The van der Waals surface area contributed by atoms with E-state index in [0.29, 0.717) is 23.6 Å². The molecule has 0 spiro atoms. The smallest absolute Gasteiger partial charge is 0.342 e. The molecular weight excluding hydrogens is 306 g/mol. The summed E-state index contributed by atoms with van der Waals surface area (Å²) in [7, 11) is 0. The van der Waals surface area contributed by atoms with Gasteiger partial charge in [0.2, 0.25) is 0 Å². The van der Waals surface area contributed by atoms with E-state index in [4.69, 9.17) is 9.15 Å². The van der Waals surface area contributed by atoms with Gasteiger partial charge in [0.05, 0.1) is 0 Å². The van der Waals surface area contributed by atoms with Gasteiger partial charge < -0.3 is 14.1 Å². The molecule has 1 amide bonds. The van der Waals surface area contributed by atoms with Crippen molar-refractivity contribution in [3.63, 3.8) is 0 Å². The summed E-state index contributed by atoms with van der Waals surface area (Å²) in [4.78, 5) is 26.2. The van der Waals surface area contributed by atoms with Crippen molar-refractivity contribution in [1.29, 1.82) is 0 Å². The molecule has 0 N–H and O–H groups in total. The van der Waals surface area contributed by atoms with E-state index in [2.05, 4.69) is 0 Å². The number of rotatable bonds is 6. The van der Waals surface area contributed by atoms with Crippen molar-refractivity contribution in [2.75, 3.05) is 6.61 Å². The van der Waals surface area contributed by atoms with Crippen LogP contribution in [-0.2, 0) is 16.1 Å². The third-order valence-corrected chi connectivity index (χ3v) is 3.73. The minimum Gasteiger partial charge on any atom is -0.466 e. The van der Waals surface area contributed by atoms with E-state index >= 15 is 0 Å². The summed E-state index contributed by atoms with van der Waals surface area (Å²) in [6.07, 6.45) is 0. The van der Waals surface area contributed by atoms with Crippen LogP contribution in [-0.4, -0.2) is 29.4 Å². The van der Waals surface area contributed by atoms with Crippen LogP contribution in [0.25, 0.3) is 0 Å². The van der Waals surface area contributed by atoms with Crippen molar-refractivity contribution in [2.45, 2.75) is 40.3 Å². The van der Waals surface area contributed by atoms with Crippen LogP contribution in [0.3, 0.4) is 0 Å². The first-order valence-electron chi connectivity index (χ1n) is 7.96. The van der Waals surface area contributed by atoms with Crippen molar-refractivity contribution in [1.82, 2.24) is 4.90 Å². The number of esters is 1. The number of aryl methyl sites for hydroxylation is 2. The Morgan fingerprint density at radius 2 is 1.83 bits per heavy atom. The summed E-state index contributed by atoms with van der Waals surface area (Å²) < 4.78 is 10.5. The average molecular weight is 329 g/mol. The topological polar surface area (TPSA) is 59.8 Å². The maximum atomic E-state index is 12.4. The number of furan rings is 1. The number of nitrogens with zero attached hydrogens (tertiary/aromatic N) is 1. The summed E-state index contributed by atoms with van der Waals surface area (Å²) in [6.45, 7) is 7.53. The maximum absolute atomic E-state index is 12.4. The summed E-state index contributed by atoms with van der Waals surface area (Å²) >= 11 is 0. The van der Waals surface area contributed by atoms with Gasteiger partial charge in [0.25, 0.3) is 5.91 Å². The van der Waals surface area contributed by atoms with Crippen molar-refractivity contribution in [2.24, 2.45) is 0 Å². The molecule has 0 fully saturated rings. The lowest BCUT2D eigenvalue weighted by atomic mass is 10.2. The summed E-state index contributed by atoms with van der Waals surface area (Å²) in [5.41, 5.74) is 1.40. The Bertz CT molecular complexity index is 703. The Labute approximate surface area is 142 Å². The highest BCUT2D eigenvalue weighted by molar-refractivity contribution is 5.92. The van der Waals surface area contributed by atoms with Crippen LogP contribution in [0.2, 0.25) is 0 Å². The maximum Gasteiger partial charge on any atom is 0.342 e. The summed E-state index contributed by atoms with van der Waals surface area (Å²) in [6, 6.07) is 11.4. The lowest BCUT2D eigenvalue weighted by Gasteiger charge is -2.26. The van der Waals surface area contributed by atoms with Crippen molar-refractivity contribution < 1.29 is 18.7 Å². The first-order valence-corrected chi connectivity index (χ1v) is 7.96. The summed E-state index contributed by atoms with van der Waals surface area (Å²) in [5, 5.41) is 0. The molecule has 0 atom stereocenters. The number of carbonyl (C=O) groups excluding carboxylic acids is 2. The fraction of sp³-hybridized carbons (Fsp3) is 0.368. The minimum atomic E-state index is -0.541. The minimum absolute atomic E-state index is 0.00862. The predicted octanol–water partition coefficient (Wildman–Crippen LogP) is 3.49. The second-order valence-electron chi connectivity index (χ2n) is 6.00. The number of amides is 1. The van der Waals surface area contributed by atoms with E-state index in [-0.39, 0.29) is 18.6 Å². The van der Waals surface area contributed by atoms with E-state index in [1.165, 1.54) is 0 Å². The van der Waals surface area contributed by atoms with E-state index in [9.17, 15) is 9.59 Å². The first-order chi connectivity index (χ1) is 11.4. The van der Waals surface area contributed by atoms with Crippen molar-refractivity contribution in [3.05, 3.63) is 59.0 Å². The third kappa shape index (κ3) is 4.47. The molecule has 2 rings (SSSR count). The molecule has 0 saturated carbocycles. The number of ether oxygens (including phenoxy) is 1. The van der Waals surface area contributed by atoms with Crippen LogP contribution in [0.5, 0.6) is 0 Å². The Kier molecular flexibility index (Phi) is 5.79. The van der Waals surface area contributed by atoms with Crippen LogP contribution in [0.4, 0.5) is 0 Å². The van der Waals surface area contributed by atoms with Crippen LogP contribution >= 0.6 is 0 Å². The van der Waals surface area contributed by atoms with Gasteiger partial charge in [-0.3, -0.25) is 4.79 Å². The molecule has 5 heteroatoms. The predicted molar refractivity (Wildman–Crippen MR) is 90.6 cm³/mol. The van der Waals surface area contributed by atoms with Crippen molar-refractivity contribution in [3.8, 4) is 0 Å². The molecule has 0 aliphatic carbocycles. The fourth-order valence-electron chi connectivity index (χ4n) is 2.46. The quantitative estimate of drug-likeness (QED) is 0.761. The van der Waals surface area contributed by atoms with Crippen LogP contribution in [0, 0.1) is 13.8 Å². The van der Waals surface area contributed by atoms with Gasteiger partial charge in [-0.15, -0.1) is 0 Å². The molecule has 0 bridgehead atoms. The molecule has 2 aromatic rings. The average Bonchev–Trinajstić information content (AvgIpc) is 2.89. The zero-order chi connectivity index (χ0) is 17.7. The van der Waals surface area contributed by atoms with Gasteiger partial charge in [-0.05, 0) is 39.3 Å². The third-order valence-electron chi connectivity index (χ3n) is 3.73. The molecule has 5 nitrogen and oxygen atoms in total. The van der Waals surface area contributed by atoms with Crippen LogP contribution < -0.4 is 0 Å². The fourth-order valence-corrected chi connectivity index (χ4v) is 2.46. The Morgan fingerprint density at radius 1 is 1.17 bits per heavy atom. The van der Waals surface area contributed by atoms with Gasteiger partial charge in [0, 0.05) is 12.6 Å². The molecule has 1 aromatic heterocycles. The second-order valence-corrected chi connectivity index (χ2v) is 6.00. The van der Waals surface area contributed by atoms with Gasteiger partial charge in [-0.1, -0.05) is 30.3 Å². The summed E-state index contributed by atoms with van der Waals surface area (Å²) in [5.74, 6) is 0.370. The van der Waals surface area contributed by atoms with Gasteiger partial charge >= 0.3 is 5.97 Å². The van der Waals surface area contributed by atoms with Crippen LogP contribution in [0.1, 0.15) is 41.3 Å². The van der Waals surface area contributed by atoms with Gasteiger partial charge in [0.15, 0.2) is 6.61 Å². The SMILES string of the molecule is Cc1cc(C(=O)OCC(=O)N(Cc2ccccc2)C(C)C)c(C)o1. The Balaban J connectivity index is 1.98. The monoisotopic (exact) mass is 329 g/mol. The molecule has 0 unspecified atom stereocenters. The van der Waals surface area contributed by atoms with E-state index in [0.717, 1.165) is 5.56 Å². The molecule has 128 valence electrons.